The Morgan fingerprint density at radius 1 is 1.18 bits per heavy atom. The molecule has 140 valence electrons. The smallest absolute Gasteiger partial charge is 0.254 e. The largest absolute Gasteiger partial charge is 0.352 e. The molecule has 28 heavy (non-hydrogen) atoms. The lowest BCUT2D eigenvalue weighted by Crippen LogP contribution is -2.26. The van der Waals surface area contributed by atoms with Crippen LogP contribution in [0.1, 0.15) is 21.6 Å². The molecular weight excluding hydrogens is 372 g/mol. The second-order valence-corrected chi connectivity index (χ2v) is 7.08. The quantitative estimate of drug-likeness (QED) is 0.547. The second kappa shape index (κ2) is 8.10. The summed E-state index contributed by atoms with van der Waals surface area (Å²) in [7, 11) is 0. The van der Waals surface area contributed by atoms with Crippen molar-refractivity contribution in [1.29, 1.82) is 0 Å². The van der Waals surface area contributed by atoms with Crippen LogP contribution in [-0.2, 0) is 6.42 Å². The number of hydrogen-bond donors (Lipinski definition) is 1. The molecule has 0 unspecified atom stereocenters. The predicted molar refractivity (Wildman–Crippen MR) is 107 cm³/mol. The summed E-state index contributed by atoms with van der Waals surface area (Å²) in [5, 5.41) is 9.26. The summed E-state index contributed by atoms with van der Waals surface area (Å²) in [5.41, 5.74) is 3.17. The van der Waals surface area contributed by atoms with Crippen molar-refractivity contribution in [2.75, 3.05) is 6.54 Å². The lowest BCUT2D eigenvalue weighted by Gasteiger charge is -2.06. The standard InChI is InChI=1S/C20H18N6OS/c1-14-16(19(27)22-10-6-15-4-8-21-9-5-15)13-24-26(14)20-23-11-7-17(25-20)18-3-2-12-28-18/h2-5,7-9,11-13H,6,10H2,1H3,(H,22,27). The summed E-state index contributed by atoms with van der Waals surface area (Å²) >= 11 is 1.61. The Labute approximate surface area is 166 Å². The van der Waals surface area contributed by atoms with Crippen LogP contribution in [-0.4, -0.2) is 37.2 Å². The van der Waals surface area contributed by atoms with Crippen LogP contribution in [0.25, 0.3) is 16.5 Å². The van der Waals surface area contributed by atoms with Crippen LogP contribution >= 0.6 is 11.3 Å². The van der Waals surface area contributed by atoms with Gasteiger partial charge in [0.25, 0.3) is 11.9 Å². The van der Waals surface area contributed by atoms with Crippen LogP contribution in [0, 0.1) is 6.92 Å². The molecule has 0 radical (unpaired) electrons. The number of nitrogens with zero attached hydrogens (tertiary/aromatic N) is 5. The highest BCUT2D eigenvalue weighted by Gasteiger charge is 2.16. The Kier molecular flexibility index (Phi) is 5.20. The van der Waals surface area contributed by atoms with Crippen LogP contribution in [0.5, 0.6) is 0 Å². The number of thiophene rings is 1. The van der Waals surface area contributed by atoms with Gasteiger partial charge in [0.2, 0.25) is 0 Å². The van der Waals surface area contributed by atoms with Crippen molar-refractivity contribution in [2.24, 2.45) is 0 Å². The molecule has 0 aliphatic carbocycles. The third kappa shape index (κ3) is 3.81. The first-order valence-corrected chi connectivity index (χ1v) is 9.69. The van der Waals surface area contributed by atoms with E-state index < -0.39 is 0 Å². The number of hydrogen-bond acceptors (Lipinski definition) is 6. The zero-order valence-corrected chi connectivity index (χ0v) is 16.1. The number of pyridine rings is 1. The van der Waals surface area contributed by atoms with E-state index in [1.165, 1.54) is 0 Å². The molecule has 0 aliphatic heterocycles. The van der Waals surface area contributed by atoms with E-state index in [0.717, 1.165) is 22.6 Å². The minimum absolute atomic E-state index is 0.160. The maximum absolute atomic E-state index is 12.5. The highest BCUT2D eigenvalue weighted by Crippen LogP contribution is 2.23. The number of nitrogens with one attached hydrogen (secondary N) is 1. The fourth-order valence-electron chi connectivity index (χ4n) is 2.81. The first kappa shape index (κ1) is 18.0. The number of aromatic nitrogens is 5. The molecule has 0 saturated carbocycles. The normalized spacial score (nSPS) is 10.8. The maximum atomic E-state index is 12.5. The Bertz CT molecular complexity index is 1080. The number of carbonyl (C=O) groups is 1. The van der Waals surface area contributed by atoms with Gasteiger partial charge in [0.1, 0.15) is 0 Å². The maximum Gasteiger partial charge on any atom is 0.254 e. The fraction of sp³-hybridized carbons (Fsp3) is 0.150. The van der Waals surface area contributed by atoms with E-state index in [4.69, 9.17) is 0 Å². The molecule has 4 aromatic heterocycles. The van der Waals surface area contributed by atoms with Gasteiger partial charge in [-0.15, -0.1) is 11.3 Å². The molecule has 0 atom stereocenters. The first-order chi connectivity index (χ1) is 13.7. The van der Waals surface area contributed by atoms with Gasteiger partial charge in [-0.05, 0) is 48.6 Å². The van der Waals surface area contributed by atoms with Gasteiger partial charge >= 0.3 is 0 Å². The van der Waals surface area contributed by atoms with E-state index in [9.17, 15) is 4.79 Å². The zero-order valence-electron chi connectivity index (χ0n) is 15.2. The van der Waals surface area contributed by atoms with E-state index in [1.54, 1.807) is 40.8 Å². The van der Waals surface area contributed by atoms with Gasteiger partial charge in [-0.2, -0.15) is 5.10 Å². The SMILES string of the molecule is Cc1c(C(=O)NCCc2ccncc2)cnn1-c1nccc(-c2cccs2)n1. The van der Waals surface area contributed by atoms with E-state index in [2.05, 4.69) is 25.4 Å². The summed E-state index contributed by atoms with van der Waals surface area (Å²) < 4.78 is 1.59. The van der Waals surface area contributed by atoms with Crippen molar-refractivity contribution in [3.05, 3.63) is 77.3 Å². The van der Waals surface area contributed by atoms with E-state index in [-0.39, 0.29) is 5.91 Å². The average molecular weight is 390 g/mol. The van der Waals surface area contributed by atoms with Crippen molar-refractivity contribution < 1.29 is 4.79 Å². The fourth-order valence-corrected chi connectivity index (χ4v) is 3.51. The summed E-state index contributed by atoms with van der Waals surface area (Å²) in [6, 6.07) is 9.73. The third-order valence-electron chi connectivity index (χ3n) is 4.31. The molecule has 7 nitrogen and oxygen atoms in total. The van der Waals surface area contributed by atoms with Crippen LogP contribution < -0.4 is 5.32 Å². The van der Waals surface area contributed by atoms with E-state index in [0.29, 0.717) is 23.8 Å². The Hall–Kier alpha value is -3.39. The molecule has 0 saturated heterocycles. The van der Waals surface area contributed by atoms with Crippen LogP contribution in [0.4, 0.5) is 0 Å². The molecule has 4 heterocycles. The van der Waals surface area contributed by atoms with E-state index in [1.807, 2.05) is 42.6 Å². The number of amides is 1. The summed E-state index contributed by atoms with van der Waals surface area (Å²) in [5.74, 6) is 0.284. The molecule has 4 aromatic rings. The van der Waals surface area contributed by atoms with E-state index >= 15 is 0 Å². The molecular formula is C20H18N6OS. The third-order valence-corrected chi connectivity index (χ3v) is 5.20. The zero-order chi connectivity index (χ0) is 19.3. The van der Waals surface area contributed by atoms with Gasteiger partial charge in [0.15, 0.2) is 0 Å². The molecule has 0 spiro atoms. The van der Waals surface area contributed by atoms with Gasteiger partial charge in [-0.3, -0.25) is 9.78 Å². The average Bonchev–Trinajstić information content (AvgIpc) is 3.39. The van der Waals surface area contributed by atoms with Crippen molar-refractivity contribution in [3.63, 3.8) is 0 Å². The summed E-state index contributed by atoms with van der Waals surface area (Å²) in [4.78, 5) is 26.5. The molecule has 1 amide bonds. The summed E-state index contributed by atoms with van der Waals surface area (Å²) in [6.45, 7) is 2.38. The van der Waals surface area contributed by atoms with Crippen molar-refractivity contribution in [3.8, 4) is 16.5 Å². The molecule has 0 aliphatic rings. The van der Waals surface area contributed by atoms with Gasteiger partial charge < -0.3 is 5.32 Å². The van der Waals surface area contributed by atoms with Crippen molar-refractivity contribution in [1.82, 2.24) is 30.0 Å². The molecule has 0 bridgehead atoms. The minimum atomic E-state index is -0.160. The molecule has 0 fully saturated rings. The van der Waals surface area contributed by atoms with Crippen molar-refractivity contribution in [2.45, 2.75) is 13.3 Å². The lowest BCUT2D eigenvalue weighted by atomic mass is 10.2. The molecule has 0 aromatic carbocycles. The Balaban J connectivity index is 1.48. The van der Waals surface area contributed by atoms with Gasteiger partial charge in [-0.1, -0.05) is 6.07 Å². The van der Waals surface area contributed by atoms with Crippen molar-refractivity contribution >= 4 is 17.2 Å². The molecule has 8 heteroatoms. The second-order valence-electron chi connectivity index (χ2n) is 6.14. The predicted octanol–water partition coefficient (Wildman–Crippen LogP) is 3.07. The highest BCUT2D eigenvalue weighted by atomic mass is 32.1. The first-order valence-electron chi connectivity index (χ1n) is 8.81. The van der Waals surface area contributed by atoms with Crippen LogP contribution in [0.3, 0.4) is 0 Å². The number of carbonyl (C=O) groups excluding carboxylic acids is 1. The molecule has 1 N–H and O–H groups in total. The topological polar surface area (TPSA) is 85.6 Å². The Morgan fingerprint density at radius 3 is 2.82 bits per heavy atom. The number of rotatable bonds is 6. The molecule has 4 rings (SSSR count). The monoisotopic (exact) mass is 390 g/mol. The highest BCUT2D eigenvalue weighted by molar-refractivity contribution is 7.13. The van der Waals surface area contributed by atoms with Crippen LogP contribution in [0.15, 0.2) is 60.5 Å². The minimum Gasteiger partial charge on any atom is -0.352 e. The summed E-state index contributed by atoms with van der Waals surface area (Å²) in [6.07, 6.45) is 7.49. The van der Waals surface area contributed by atoms with Gasteiger partial charge in [0, 0.05) is 25.1 Å². The van der Waals surface area contributed by atoms with Crippen LogP contribution in [0.2, 0.25) is 0 Å². The lowest BCUT2D eigenvalue weighted by molar-refractivity contribution is 0.0953. The Morgan fingerprint density at radius 2 is 2.04 bits per heavy atom. The van der Waals surface area contributed by atoms with Gasteiger partial charge in [-0.25, -0.2) is 14.6 Å². The van der Waals surface area contributed by atoms with Gasteiger partial charge in [0.05, 0.1) is 28.0 Å².